The van der Waals surface area contributed by atoms with Crippen molar-refractivity contribution in [2.24, 2.45) is 0 Å². The van der Waals surface area contributed by atoms with Crippen LogP contribution in [0.25, 0.3) is 0 Å². The summed E-state index contributed by atoms with van der Waals surface area (Å²) in [7, 11) is 0. The molecule has 2 aromatic rings. The molecule has 1 fully saturated rings. The molecule has 1 atom stereocenters. The molecule has 29 heavy (non-hydrogen) atoms. The van der Waals surface area contributed by atoms with Gasteiger partial charge in [0.1, 0.15) is 0 Å². The summed E-state index contributed by atoms with van der Waals surface area (Å²) in [6.07, 6.45) is 5.72. The molecule has 1 aromatic carbocycles. The average Bonchev–Trinajstić information content (AvgIpc) is 3.13. The molecule has 1 amide bonds. The summed E-state index contributed by atoms with van der Waals surface area (Å²) < 4.78 is 7.37. The molecule has 0 unspecified atom stereocenters. The fraction of sp³-hybridized carbons (Fsp3) is 0.478. The van der Waals surface area contributed by atoms with E-state index in [4.69, 9.17) is 9.84 Å². The van der Waals surface area contributed by atoms with Crippen molar-refractivity contribution in [3.05, 3.63) is 65.5 Å². The number of hydrogen-bond acceptors (Lipinski definition) is 4. The molecule has 6 heteroatoms. The molecule has 1 aliphatic carbocycles. The lowest BCUT2D eigenvalue weighted by Gasteiger charge is -2.28. The van der Waals surface area contributed by atoms with Crippen molar-refractivity contribution < 1.29 is 9.53 Å². The Morgan fingerprint density at radius 1 is 1.28 bits per heavy atom. The maximum absolute atomic E-state index is 13.1. The van der Waals surface area contributed by atoms with E-state index in [1.807, 2.05) is 21.7 Å². The van der Waals surface area contributed by atoms with Gasteiger partial charge < -0.3 is 15.0 Å². The van der Waals surface area contributed by atoms with Crippen LogP contribution in [0.2, 0.25) is 0 Å². The molecule has 2 heterocycles. The molecular formula is C23H30N4O2. The van der Waals surface area contributed by atoms with E-state index in [-0.39, 0.29) is 5.91 Å². The second-order valence-electron chi connectivity index (χ2n) is 7.78. The number of carbonyl (C=O) groups is 1. The first-order valence-electron chi connectivity index (χ1n) is 10.6. The van der Waals surface area contributed by atoms with Gasteiger partial charge in [-0.1, -0.05) is 36.4 Å². The van der Waals surface area contributed by atoms with E-state index in [9.17, 15) is 4.79 Å². The van der Waals surface area contributed by atoms with E-state index in [0.29, 0.717) is 44.6 Å². The van der Waals surface area contributed by atoms with E-state index in [2.05, 4.69) is 36.2 Å². The highest BCUT2D eigenvalue weighted by Gasteiger charge is 2.31. The predicted molar refractivity (Wildman–Crippen MR) is 113 cm³/mol. The molecule has 1 saturated heterocycles. The number of nitrogens with one attached hydrogen (secondary N) is 1. The van der Waals surface area contributed by atoms with E-state index < -0.39 is 0 Å². The van der Waals surface area contributed by atoms with Crippen molar-refractivity contribution in [2.75, 3.05) is 32.8 Å². The van der Waals surface area contributed by atoms with Crippen LogP contribution in [-0.2, 0) is 30.5 Å². The van der Waals surface area contributed by atoms with Gasteiger partial charge in [0.2, 0.25) is 0 Å². The zero-order valence-corrected chi connectivity index (χ0v) is 17.0. The summed E-state index contributed by atoms with van der Waals surface area (Å²) in [4.78, 5) is 15.0. The summed E-state index contributed by atoms with van der Waals surface area (Å²) in [5.41, 5.74) is 4.28. The average molecular weight is 395 g/mol. The Balaban J connectivity index is 1.46. The number of fused-ring (bicyclic) bond motifs is 1. The third-order valence-corrected chi connectivity index (χ3v) is 5.84. The molecule has 1 aliphatic heterocycles. The molecule has 0 saturated carbocycles. The largest absolute Gasteiger partial charge is 0.378 e. The number of carbonyl (C=O) groups excluding carboxylic acids is 1. The van der Waals surface area contributed by atoms with Crippen LogP contribution in [0.4, 0.5) is 0 Å². The fourth-order valence-electron chi connectivity index (χ4n) is 4.29. The molecule has 154 valence electrons. The van der Waals surface area contributed by atoms with Crippen molar-refractivity contribution in [3.63, 3.8) is 0 Å². The highest BCUT2D eigenvalue weighted by atomic mass is 16.5. The van der Waals surface area contributed by atoms with Gasteiger partial charge in [-0.2, -0.15) is 5.10 Å². The Morgan fingerprint density at radius 3 is 2.83 bits per heavy atom. The Morgan fingerprint density at radius 2 is 2.07 bits per heavy atom. The topological polar surface area (TPSA) is 59.4 Å². The van der Waals surface area contributed by atoms with Crippen molar-refractivity contribution in [3.8, 4) is 0 Å². The lowest BCUT2D eigenvalue weighted by Crippen LogP contribution is -2.42. The van der Waals surface area contributed by atoms with Gasteiger partial charge in [-0.25, -0.2) is 0 Å². The van der Waals surface area contributed by atoms with Crippen LogP contribution in [-0.4, -0.2) is 59.5 Å². The highest BCUT2D eigenvalue weighted by molar-refractivity contribution is 5.94. The zero-order chi connectivity index (χ0) is 20.1. The van der Waals surface area contributed by atoms with Crippen LogP contribution < -0.4 is 5.32 Å². The fourth-order valence-corrected chi connectivity index (χ4v) is 4.29. The Kier molecular flexibility index (Phi) is 6.42. The van der Waals surface area contributed by atoms with Crippen LogP contribution in [0.3, 0.4) is 0 Å². The third kappa shape index (κ3) is 4.60. The Bertz CT molecular complexity index is 840. The SMILES string of the molecule is C=CCn1nc(C(=O)N2CCOCC2)c2c1CC[C@@H](NCCc1ccccc1)C2. The summed E-state index contributed by atoms with van der Waals surface area (Å²) >= 11 is 0. The number of hydrogen-bond donors (Lipinski definition) is 1. The van der Waals surface area contributed by atoms with Crippen LogP contribution in [0, 0.1) is 0 Å². The Hall–Kier alpha value is -2.44. The second kappa shape index (κ2) is 9.37. The van der Waals surface area contributed by atoms with Crippen LogP contribution in [0.15, 0.2) is 43.0 Å². The van der Waals surface area contributed by atoms with Crippen molar-refractivity contribution >= 4 is 5.91 Å². The monoisotopic (exact) mass is 394 g/mol. The summed E-state index contributed by atoms with van der Waals surface area (Å²) in [5, 5.41) is 8.40. The van der Waals surface area contributed by atoms with Gasteiger partial charge in [0, 0.05) is 30.4 Å². The summed E-state index contributed by atoms with van der Waals surface area (Å²) in [6.45, 7) is 7.92. The highest BCUT2D eigenvalue weighted by Crippen LogP contribution is 2.26. The zero-order valence-electron chi connectivity index (χ0n) is 17.0. The molecule has 1 N–H and O–H groups in total. The van der Waals surface area contributed by atoms with Crippen LogP contribution in [0.5, 0.6) is 0 Å². The van der Waals surface area contributed by atoms with E-state index >= 15 is 0 Å². The third-order valence-electron chi connectivity index (χ3n) is 5.84. The van der Waals surface area contributed by atoms with Crippen molar-refractivity contribution in [1.29, 1.82) is 0 Å². The van der Waals surface area contributed by atoms with Crippen molar-refractivity contribution in [2.45, 2.75) is 38.3 Å². The van der Waals surface area contributed by atoms with Gasteiger partial charge in [0.25, 0.3) is 5.91 Å². The first-order chi connectivity index (χ1) is 14.3. The van der Waals surface area contributed by atoms with Crippen LogP contribution >= 0.6 is 0 Å². The number of nitrogens with zero attached hydrogens (tertiary/aromatic N) is 3. The number of amides is 1. The molecule has 0 bridgehead atoms. The maximum Gasteiger partial charge on any atom is 0.274 e. The van der Waals surface area contributed by atoms with Gasteiger partial charge in [0.05, 0.1) is 19.8 Å². The normalized spacial score (nSPS) is 19.0. The number of ether oxygens (including phenoxy) is 1. The molecule has 0 spiro atoms. The van der Waals surface area contributed by atoms with Crippen molar-refractivity contribution in [1.82, 2.24) is 20.0 Å². The van der Waals surface area contributed by atoms with Gasteiger partial charge in [-0.05, 0) is 37.8 Å². The first-order valence-corrected chi connectivity index (χ1v) is 10.6. The van der Waals surface area contributed by atoms with Gasteiger partial charge in [-0.15, -0.1) is 6.58 Å². The molecule has 6 nitrogen and oxygen atoms in total. The minimum Gasteiger partial charge on any atom is -0.378 e. The van der Waals surface area contributed by atoms with E-state index in [1.54, 1.807) is 0 Å². The lowest BCUT2D eigenvalue weighted by atomic mass is 9.91. The standard InChI is InChI=1S/C23H30N4O2/c1-2-12-27-21-9-8-19(24-11-10-18-6-4-3-5-7-18)17-20(21)22(25-27)23(28)26-13-15-29-16-14-26/h2-7,19,24H,1,8-17H2/t19-/m1/s1. The van der Waals surface area contributed by atoms with Gasteiger partial charge in [-0.3, -0.25) is 9.48 Å². The minimum absolute atomic E-state index is 0.0392. The van der Waals surface area contributed by atoms with Gasteiger partial charge >= 0.3 is 0 Å². The first kappa shape index (κ1) is 19.9. The number of rotatable bonds is 7. The number of benzene rings is 1. The molecule has 4 rings (SSSR count). The minimum atomic E-state index is 0.0392. The molecule has 0 radical (unpaired) electrons. The molecular weight excluding hydrogens is 364 g/mol. The smallest absolute Gasteiger partial charge is 0.274 e. The maximum atomic E-state index is 13.1. The van der Waals surface area contributed by atoms with Gasteiger partial charge in [0.15, 0.2) is 5.69 Å². The molecule has 1 aromatic heterocycles. The predicted octanol–water partition coefficient (Wildman–Crippen LogP) is 2.23. The Labute approximate surface area is 172 Å². The quantitative estimate of drug-likeness (QED) is 0.732. The number of morpholine rings is 1. The number of allylic oxidation sites excluding steroid dienone is 1. The summed E-state index contributed by atoms with van der Waals surface area (Å²) in [5.74, 6) is 0.0392. The van der Waals surface area contributed by atoms with E-state index in [1.165, 1.54) is 11.3 Å². The number of aromatic nitrogens is 2. The van der Waals surface area contributed by atoms with E-state index in [0.717, 1.165) is 37.8 Å². The van der Waals surface area contributed by atoms with Crippen LogP contribution in [0.1, 0.15) is 33.7 Å². The summed E-state index contributed by atoms with van der Waals surface area (Å²) in [6, 6.07) is 10.9. The molecule has 2 aliphatic rings. The lowest BCUT2D eigenvalue weighted by molar-refractivity contribution is 0.0297. The second-order valence-corrected chi connectivity index (χ2v) is 7.78.